The Bertz CT molecular complexity index is 557. The maximum atomic E-state index is 6.07. The molecule has 2 rings (SSSR count). The Balaban J connectivity index is 1.94. The first kappa shape index (κ1) is 14.4. The number of para-hydroxylation sites is 1. The van der Waals surface area contributed by atoms with Gasteiger partial charge in [-0.1, -0.05) is 30.3 Å². The van der Waals surface area contributed by atoms with Crippen molar-refractivity contribution in [1.29, 1.82) is 0 Å². The van der Waals surface area contributed by atoms with Crippen molar-refractivity contribution in [2.24, 2.45) is 0 Å². The topological polar surface area (TPSA) is 21.3 Å². The Morgan fingerprint density at radius 1 is 1.00 bits per heavy atom. The minimum absolute atomic E-state index is 0.121. The van der Waals surface area contributed by atoms with Gasteiger partial charge in [0.25, 0.3) is 0 Å². The van der Waals surface area contributed by atoms with Gasteiger partial charge < -0.3 is 10.1 Å². The van der Waals surface area contributed by atoms with Crippen molar-refractivity contribution in [3.8, 4) is 5.75 Å². The maximum Gasteiger partial charge on any atom is 0.125 e. The molecule has 0 aliphatic heterocycles. The quantitative estimate of drug-likeness (QED) is 0.863. The van der Waals surface area contributed by atoms with E-state index in [0.717, 1.165) is 18.0 Å². The first-order valence-electron chi connectivity index (χ1n) is 7.09. The summed E-state index contributed by atoms with van der Waals surface area (Å²) in [5.41, 5.74) is 4.78. The zero-order chi connectivity index (χ0) is 14.5. The number of rotatable bonds is 5. The molecule has 0 bridgehead atoms. The van der Waals surface area contributed by atoms with E-state index in [-0.39, 0.29) is 6.10 Å². The molecule has 0 amide bonds. The summed E-state index contributed by atoms with van der Waals surface area (Å²) in [6.45, 7) is 9.15. The van der Waals surface area contributed by atoms with Gasteiger partial charge in [0, 0.05) is 5.69 Å². The Hall–Kier alpha value is -1.96. The van der Waals surface area contributed by atoms with Gasteiger partial charge in [-0.25, -0.2) is 0 Å². The van der Waals surface area contributed by atoms with Crippen LogP contribution in [0, 0.1) is 20.8 Å². The molecule has 1 unspecified atom stereocenters. The molecule has 2 aromatic rings. The third-order valence-corrected chi connectivity index (χ3v) is 3.34. The molecule has 2 aromatic carbocycles. The van der Waals surface area contributed by atoms with E-state index < -0.39 is 0 Å². The van der Waals surface area contributed by atoms with E-state index in [9.17, 15) is 0 Å². The number of nitrogens with one attached hydrogen (secondary N) is 1. The van der Waals surface area contributed by atoms with Crippen LogP contribution in [0.3, 0.4) is 0 Å². The third kappa shape index (κ3) is 3.77. The maximum absolute atomic E-state index is 6.07. The van der Waals surface area contributed by atoms with Crippen LogP contribution in [0.25, 0.3) is 0 Å². The van der Waals surface area contributed by atoms with Crippen LogP contribution >= 0.6 is 0 Å². The molecule has 2 heteroatoms. The molecule has 0 aliphatic rings. The fourth-order valence-electron chi connectivity index (χ4n) is 2.24. The number of ether oxygens (including phenoxy) is 1. The zero-order valence-corrected chi connectivity index (χ0v) is 12.7. The zero-order valence-electron chi connectivity index (χ0n) is 12.7. The normalized spacial score (nSPS) is 12.0. The van der Waals surface area contributed by atoms with E-state index >= 15 is 0 Å². The second-order valence-electron chi connectivity index (χ2n) is 5.40. The predicted octanol–water partition coefficient (Wildman–Crippen LogP) is 4.49. The molecule has 106 valence electrons. The van der Waals surface area contributed by atoms with Gasteiger partial charge in [0.15, 0.2) is 0 Å². The van der Waals surface area contributed by atoms with Crippen molar-refractivity contribution < 1.29 is 4.74 Å². The molecular formula is C18H23NO. The SMILES string of the molecule is Cc1cccc(NCC(C)Oc2c(C)cccc2C)c1. The highest BCUT2D eigenvalue weighted by molar-refractivity contribution is 5.45. The summed E-state index contributed by atoms with van der Waals surface area (Å²) in [7, 11) is 0. The van der Waals surface area contributed by atoms with Gasteiger partial charge in [0.2, 0.25) is 0 Å². The standard InChI is InChI=1S/C18H23NO/c1-13-7-5-10-17(11-13)19-12-16(4)20-18-14(2)8-6-9-15(18)3/h5-11,16,19H,12H2,1-4H3. The van der Waals surface area contributed by atoms with Crippen LogP contribution < -0.4 is 10.1 Å². The van der Waals surface area contributed by atoms with Crippen LogP contribution in [0.5, 0.6) is 5.75 Å². The fourth-order valence-corrected chi connectivity index (χ4v) is 2.24. The van der Waals surface area contributed by atoms with Crippen molar-refractivity contribution >= 4 is 5.69 Å². The molecule has 0 fully saturated rings. The number of hydrogen-bond acceptors (Lipinski definition) is 2. The monoisotopic (exact) mass is 269 g/mol. The molecule has 0 spiro atoms. The number of benzene rings is 2. The second kappa shape index (κ2) is 6.47. The molecule has 0 radical (unpaired) electrons. The first-order chi connectivity index (χ1) is 9.56. The van der Waals surface area contributed by atoms with E-state index in [1.165, 1.54) is 16.7 Å². The molecule has 2 nitrogen and oxygen atoms in total. The van der Waals surface area contributed by atoms with Crippen molar-refractivity contribution in [2.45, 2.75) is 33.8 Å². The van der Waals surface area contributed by atoms with E-state index in [2.05, 4.69) is 75.5 Å². The Morgan fingerprint density at radius 3 is 2.30 bits per heavy atom. The lowest BCUT2D eigenvalue weighted by Crippen LogP contribution is -2.23. The molecule has 0 aliphatic carbocycles. The predicted molar refractivity (Wildman–Crippen MR) is 85.7 cm³/mol. The lowest BCUT2D eigenvalue weighted by molar-refractivity contribution is 0.231. The summed E-state index contributed by atoms with van der Waals surface area (Å²) < 4.78 is 6.07. The highest BCUT2D eigenvalue weighted by atomic mass is 16.5. The van der Waals surface area contributed by atoms with Crippen molar-refractivity contribution in [3.05, 3.63) is 59.2 Å². The smallest absolute Gasteiger partial charge is 0.125 e. The minimum Gasteiger partial charge on any atom is -0.488 e. The summed E-state index contributed by atoms with van der Waals surface area (Å²) >= 11 is 0. The first-order valence-corrected chi connectivity index (χ1v) is 7.09. The Morgan fingerprint density at radius 2 is 1.65 bits per heavy atom. The molecule has 1 atom stereocenters. The van der Waals surface area contributed by atoms with Crippen LogP contribution in [0.1, 0.15) is 23.6 Å². The third-order valence-electron chi connectivity index (χ3n) is 3.34. The Labute approximate surface area is 121 Å². The van der Waals surface area contributed by atoms with Gasteiger partial charge in [0.05, 0.1) is 6.54 Å². The molecule has 0 saturated heterocycles. The summed E-state index contributed by atoms with van der Waals surface area (Å²) in [5, 5.41) is 3.42. The van der Waals surface area contributed by atoms with E-state index in [1.807, 2.05) is 0 Å². The Kier molecular flexibility index (Phi) is 4.67. The van der Waals surface area contributed by atoms with Crippen molar-refractivity contribution in [1.82, 2.24) is 0 Å². The van der Waals surface area contributed by atoms with E-state index in [4.69, 9.17) is 4.74 Å². The molecule has 0 saturated carbocycles. The fraction of sp³-hybridized carbons (Fsp3) is 0.333. The number of anilines is 1. The lowest BCUT2D eigenvalue weighted by atomic mass is 10.1. The van der Waals surface area contributed by atoms with Crippen LogP contribution in [0.2, 0.25) is 0 Å². The summed E-state index contributed by atoms with van der Waals surface area (Å²) in [5.74, 6) is 1.01. The van der Waals surface area contributed by atoms with Gasteiger partial charge in [-0.05, 0) is 56.5 Å². The van der Waals surface area contributed by atoms with E-state index in [0.29, 0.717) is 0 Å². The van der Waals surface area contributed by atoms with Gasteiger partial charge >= 0.3 is 0 Å². The number of aryl methyl sites for hydroxylation is 3. The summed E-state index contributed by atoms with van der Waals surface area (Å²) in [4.78, 5) is 0. The molecule has 0 aromatic heterocycles. The number of hydrogen-bond donors (Lipinski definition) is 1. The van der Waals surface area contributed by atoms with Crippen LogP contribution in [0.4, 0.5) is 5.69 Å². The average molecular weight is 269 g/mol. The second-order valence-corrected chi connectivity index (χ2v) is 5.40. The van der Waals surface area contributed by atoms with Crippen molar-refractivity contribution in [2.75, 3.05) is 11.9 Å². The van der Waals surface area contributed by atoms with Gasteiger partial charge in [-0.15, -0.1) is 0 Å². The van der Waals surface area contributed by atoms with Crippen LogP contribution in [0.15, 0.2) is 42.5 Å². The lowest BCUT2D eigenvalue weighted by Gasteiger charge is -2.19. The molecular weight excluding hydrogens is 246 g/mol. The highest BCUT2D eigenvalue weighted by Crippen LogP contribution is 2.23. The minimum atomic E-state index is 0.121. The van der Waals surface area contributed by atoms with Gasteiger partial charge in [-0.2, -0.15) is 0 Å². The molecule has 0 heterocycles. The molecule has 1 N–H and O–H groups in total. The summed E-state index contributed by atoms with van der Waals surface area (Å²) in [6, 6.07) is 14.6. The van der Waals surface area contributed by atoms with Gasteiger partial charge in [0.1, 0.15) is 11.9 Å². The van der Waals surface area contributed by atoms with Crippen LogP contribution in [-0.4, -0.2) is 12.6 Å². The summed E-state index contributed by atoms with van der Waals surface area (Å²) in [6.07, 6.45) is 0.121. The largest absolute Gasteiger partial charge is 0.488 e. The highest BCUT2D eigenvalue weighted by Gasteiger charge is 2.08. The van der Waals surface area contributed by atoms with Gasteiger partial charge in [-0.3, -0.25) is 0 Å². The molecule has 20 heavy (non-hydrogen) atoms. The van der Waals surface area contributed by atoms with E-state index in [1.54, 1.807) is 0 Å². The van der Waals surface area contributed by atoms with Crippen molar-refractivity contribution in [3.63, 3.8) is 0 Å². The average Bonchev–Trinajstić information content (AvgIpc) is 2.41. The van der Waals surface area contributed by atoms with Crippen LogP contribution in [-0.2, 0) is 0 Å².